The topological polar surface area (TPSA) is 51.2 Å². The quantitative estimate of drug-likeness (QED) is 0.768. The molecule has 92 valence electrons. The highest BCUT2D eigenvalue weighted by atomic mass is 32.2. The van der Waals surface area contributed by atoms with Crippen LogP contribution in [-0.4, -0.2) is 25.7 Å². The molecule has 0 radical (unpaired) electrons. The zero-order chi connectivity index (χ0) is 12.6. The number of hydrogen-bond acceptors (Lipinski definition) is 3. The van der Waals surface area contributed by atoms with Gasteiger partial charge >= 0.3 is 0 Å². The van der Waals surface area contributed by atoms with Gasteiger partial charge in [0, 0.05) is 17.6 Å². The van der Waals surface area contributed by atoms with E-state index in [9.17, 15) is 17.6 Å². The molecule has 0 heterocycles. The summed E-state index contributed by atoms with van der Waals surface area (Å²) < 4.78 is 36.3. The van der Waals surface area contributed by atoms with E-state index in [2.05, 4.69) is 0 Å². The third kappa shape index (κ3) is 2.11. The Labute approximate surface area is 99.6 Å². The van der Waals surface area contributed by atoms with Gasteiger partial charge in [0.05, 0.1) is 5.25 Å². The first-order chi connectivity index (χ1) is 8.01. The van der Waals surface area contributed by atoms with E-state index in [0.717, 1.165) is 0 Å². The molecule has 0 bridgehead atoms. The van der Waals surface area contributed by atoms with E-state index in [1.54, 1.807) is 19.1 Å². The van der Waals surface area contributed by atoms with Gasteiger partial charge in [0.15, 0.2) is 9.84 Å². The molecule has 3 unspecified atom stereocenters. The Morgan fingerprint density at radius 3 is 2.35 bits per heavy atom. The molecule has 0 N–H and O–H groups in total. The van der Waals surface area contributed by atoms with Gasteiger partial charge in [-0.2, -0.15) is 0 Å². The zero-order valence-corrected chi connectivity index (χ0v) is 10.2. The normalized spacial score (nSPS) is 27.8. The van der Waals surface area contributed by atoms with Crippen molar-refractivity contribution >= 4 is 16.1 Å². The number of benzene rings is 1. The smallest absolute Gasteiger partial charge is 0.154 e. The largest absolute Gasteiger partial charge is 0.303 e. The lowest BCUT2D eigenvalue weighted by Crippen LogP contribution is -2.12. The number of hydrogen-bond donors (Lipinski definition) is 0. The van der Waals surface area contributed by atoms with Crippen LogP contribution in [0, 0.1) is 11.7 Å². The Kier molecular flexibility index (Phi) is 3.03. The van der Waals surface area contributed by atoms with Gasteiger partial charge in [-0.1, -0.05) is 19.1 Å². The molecule has 0 aliphatic heterocycles. The van der Waals surface area contributed by atoms with Crippen molar-refractivity contribution in [3.8, 4) is 0 Å². The highest BCUT2D eigenvalue weighted by molar-refractivity contribution is 7.92. The Morgan fingerprint density at radius 2 is 1.88 bits per heavy atom. The Hall–Kier alpha value is -1.23. The molecule has 1 saturated carbocycles. The minimum Gasteiger partial charge on any atom is -0.303 e. The van der Waals surface area contributed by atoms with Crippen LogP contribution >= 0.6 is 0 Å². The van der Waals surface area contributed by atoms with Crippen molar-refractivity contribution in [1.29, 1.82) is 0 Å². The summed E-state index contributed by atoms with van der Waals surface area (Å²) >= 11 is 0. The maximum atomic E-state index is 12.8. The van der Waals surface area contributed by atoms with E-state index < -0.39 is 21.0 Å². The number of carbonyl (C=O) groups excluding carboxylic acids is 1. The van der Waals surface area contributed by atoms with Gasteiger partial charge in [0.25, 0.3) is 0 Å². The monoisotopic (exact) mass is 256 g/mol. The first kappa shape index (κ1) is 12.2. The third-order valence-corrected chi connectivity index (χ3v) is 5.48. The zero-order valence-electron chi connectivity index (χ0n) is 9.34. The fourth-order valence-electron chi connectivity index (χ4n) is 2.22. The standard InChI is InChI=1S/C12H13FO3S/c1-2-17(15,16)12-10(7-14)11(12)8-3-5-9(13)6-4-8/h3-7,10-12H,2H2,1H3. The average molecular weight is 256 g/mol. The summed E-state index contributed by atoms with van der Waals surface area (Å²) in [5, 5.41) is -0.629. The van der Waals surface area contributed by atoms with Crippen molar-refractivity contribution in [3.63, 3.8) is 0 Å². The molecule has 1 aromatic rings. The Bertz CT molecular complexity index is 521. The summed E-state index contributed by atoms with van der Waals surface area (Å²) in [7, 11) is -3.22. The van der Waals surface area contributed by atoms with Crippen LogP contribution in [0.5, 0.6) is 0 Å². The number of sulfone groups is 1. The lowest BCUT2D eigenvalue weighted by molar-refractivity contribution is -0.108. The molecule has 1 aromatic carbocycles. The van der Waals surface area contributed by atoms with E-state index in [0.29, 0.717) is 11.8 Å². The van der Waals surface area contributed by atoms with Gasteiger partial charge in [0.1, 0.15) is 12.1 Å². The van der Waals surface area contributed by atoms with Crippen molar-refractivity contribution in [2.24, 2.45) is 5.92 Å². The molecule has 0 spiro atoms. The lowest BCUT2D eigenvalue weighted by Gasteiger charge is -2.00. The van der Waals surface area contributed by atoms with Gasteiger partial charge in [-0.25, -0.2) is 12.8 Å². The van der Waals surface area contributed by atoms with Gasteiger partial charge in [-0.15, -0.1) is 0 Å². The number of aldehydes is 1. The molecule has 0 saturated heterocycles. The summed E-state index contributed by atoms with van der Waals surface area (Å²) in [6, 6.07) is 5.65. The molecular formula is C12H13FO3S. The van der Waals surface area contributed by atoms with Gasteiger partial charge < -0.3 is 4.79 Å². The van der Waals surface area contributed by atoms with E-state index >= 15 is 0 Å². The minimum absolute atomic E-state index is 0.0275. The minimum atomic E-state index is -3.22. The third-order valence-electron chi connectivity index (χ3n) is 3.24. The van der Waals surface area contributed by atoms with Crippen molar-refractivity contribution in [2.45, 2.75) is 18.1 Å². The second-order valence-corrected chi connectivity index (χ2v) is 6.65. The van der Waals surface area contributed by atoms with Crippen LogP contribution in [0.3, 0.4) is 0 Å². The predicted octanol–water partition coefficient (Wildman–Crippen LogP) is 1.54. The molecular weight excluding hydrogens is 243 g/mol. The molecule has 1 aliphatic rings. The van der Waals surface area contributed by atoms with E-state index in [4.69, 9.17) is 0 Å². The number of halogens is 1. The number of rotatable bonds is 4. The molecule has 1 fully saturated rings. The summed E-state index contributed by atoms with van der Waals surface area (Å²) in [4.78, 5) is 10.9. The Morgan fingerprint density at radius 1 is 1.29 bits per heavy atom. The van der Waals surface area contributed by atoms with Crippen LogP contribution in [0.2, 0.25) is 0 Å². The molecule has 3 atom stereocenters. The van der Waals surface area contributed by atoms with Gasteiger partial charge in [-0.3, -0.25) is 0 Å². The summed E-state index contributed by atoms with van der Waals surface area (Å²) in [6.45, 7) is 1.57. The van der Waals surface area contributed by atoms with E-state index in [1.807, 2.05) is 0 Å². The molecule has 0 aromatic heterocycles. The van der Waals surface area contributed by atoms with E-state index in [1.165, 1.54) is 12.1 Å². The van der Waals surface area contributed by atoms with Crippen LogP contribution in [-0.2, 0) is 14.6 Å². The van der Waals surface area contributed by atoms with Crippen molar-refractivity contribution in [1.82, 2.24) is 0 Å². The van der Waals surface area contributed by atoms with Crippen molar-refractivity contribution in [3.05, 3.63) is 35.6 Å². The maximum absolute atomic E-state index is 12.8. The first-order valence-corrected chi connectivity index (χ1v) is 7.15. The lowest BCUT2D eigenvalue weighted by atomic mass is 10.1. The van der Waals surface area contributed by atoms with Crippen molar-refractivity contribution < 1.29 is 17.6 Å². The predicted molar refractivity (Wildman–Crippen MR) is 61.9 cm³/mol. The molecule has 1 aliphatic carbocycles. The molecule has 2 rings (SSSR count). The fourth-order valence-corrected chi connectivity index (χ4v) is 4.01. The summed E-state index contributed by atoms with van der Waals surface area (Å²) in [5.74, 6) is -1.13. The second kappa shape index (κ2) is 4.22. The maximum Gasteiger partial charge on any atom is 0.154 e. The molecule has 0 amide bonds. The van der Waals surface area contributed by atoms with Crippen LogP contribution in [0.1, 0.15) is 18.4 Å². The summed E-state index contributed by atoms with van der Waals surface area (Å²) in [5.41, 5.74) is 0.713. The van der Waals surface area contributed by atoms with Crippen LogP contribution < -0.4 is 0 Å². The summed E-state index contributed by atoms with van der Waals surface area (Å²) in [6.07, 6.45) is 0.686. The highest BCUT2D eigenvalue weighted by Crippen LogP contribution is 2.51. The van der Waals surface area contributed by atoms with Crippen LogP contribution in [0.15, 0.2) is 24.3 Å². The fraction of sp³-hybridized carbons (Fsp3) is 0.417. The molecule has 3 nitrogen and oxygen atoms in total. The Balaban J connectivity index is 2.29. The van der Waals surface area contributed by atoms with E-state index in [-0.39, 0.29) is 17.5 Å². The van der Waals surface area contributed by atoms with Crippen LogP contribution in [0.25, 0.3) is 0 Å². The van der Waals surface area contributed by atoms with Crippen LogP contribution in [0.4, 0.5) is 4.39 Å². The molecule has 5 heteroatoms. The van der Waals surface area contributed by atoms with Crippen molar-refractivity contribution in [2.75, 3.05) is 5.75 Å². The average Bonchev–Trinajstić information content (AvgIpc) is 3.05. The van der Waals surface area contributed by atoms with Gasteiger partial charge in [0.2, 0.25) is 0 Å². The SMILES string of the molecule is CCS(=O)(=O)C1C(C=O)C1c1ccc(F)cc1. The second-order valence-electron chi connectivity index (χ2n) is 4.21. The van der Waals surface area contributed by atoms with Gasteiger partial charge in [-0.05, 0) is 17.7 Å². The first-order valence-electron chi connectivity index (χ1n) is 5.43. The number of carbonyl (C=O) groups is 1. The highest BCUT2D eigenvalue weighted by Gasteiger charge is 2.57. The molecule has 17 heavy (non-hydrogen) atoms.